The zero-order chi connectivity index (χ0) is 36.5. The fraction of sp³-hybridized carbons (Fsp3) is 0.541. The summed E-state index contributed by atoms with van der Waals surface area (Å²) >= 11 is 0. The van der Waals surface area contributed by atoms with Crippen LogP contribution in [0.25, 0.3) is 27.8 Å². The van der Waals surface area contributed by atoms with E-state index < -0.39 is 23.7 Å². The summed E-state index contributed by atoms with van der Waals surface area (Å²) in [5.74, 6) is 0.135. The summed E-state index contributed by atoms with van der Waals surface area (Å²) in [5, 5.41) is 5.62. The van der Waals surface area contributed by atoms with E-state index in [1.54, 1.807) is 41.2 Å². The summed E-state index contributed by atoms with van der Waals surface area (Å²) in [4.78, 5) is 48.4. The van der Waals surface area contributed by atoms with Gasteiger partial charge in [0.05, 0.1) is 18.8 Å². The van der Waals surface area contributed by atoms with Crippen LogP contribution in [-0.4, -0.2) is 111 Å². The molecule has 1 aliphatic rings. The number of fused-ring (bicyclic) bond motifs is 2. The van der Waals surface area contributed by atoms with Crippen LogP contribution in [0, 0.1) is 13.8 Å². The third kappa shape index (κ3) is 7.88. The van der Waals surface area contributed by atoms with Crippen LogP contribution in [0.4, 0.5) is 9.59 Å². The zero-order valence-electron chi connectivity index (χ0n) is 31.0. The molecule has 4 aromatic rings. The highest BCUT2D eigenvalue weighted by atomic mass is 16.6. The second kappa shape index (κ2) is 14.3. The molecule has 0 spiro atoms. The molecule has 1 aliphatic heterocycles. The van der Waals surface area contributed by atoms with E-state index in [2.05, 4.69) is 67.2 Å². The number of aromatic amines is 1. The van der Waals surface area contributed by atoms with E-state index in [1.807, 2.05) is 4.52 Å². The van der Waals surface area contributed by atoms with Gasteiger partial charge in [-0.15, -0.1) is 0 Å². The Kier molecular flexibility index (Phi) is 10.5. The Morgan fingerprint density at radius 2 is 1.72 bits per heavy atom. The number of primary amides is 1. The predicted molar refractivity (Wildman–Crippen MR) is 193 cm³/mol. The number of quaternary nitrogens is 1. The van der Waals surface area contributed by atoms with Gasteiger partial charge < -0.3 is 30.0 Å². The van der Waals surface area contributed by atoms with Crippen molar-refractivity contribution in [2.24, 2.45) is 5.73 Å². The van der Waals surface area contributed by atoms with Crippen LogP contribution in [0.15, 0.2) is 30.7 Å². The van der Waals surface area contributed by atoms with Crippen molar-refractivity contribution in [3.8, 4) is 11.3 Å². The highest BCUT2D eigenvalue weighted by Gasteiger charge is 2.37. The number of rotatable bonds is 10. The topological polar surface area (TPSA) is 148 Å². The molecule has 3 aromatic heterocycles. The number of hydrogen-bond acceptors (Lipinski definition) is 7. The molecule has 0 aliphatic carbocycles. The number of H-pyrrole nitrogens is 1. The van der Waals surface area contributed by atoms with Gasteiger partial charge in [0.2, 0.25) is 6.73 Å². The van der Waals surface area contributed by atoms with Crippen molar-refractivity contribution in [2.45, 2.75) is 78.7 Å². The number of piperidine rings is 1. The molecule has 50 heavy (non-hydrogen) atoms. The molecule has 0 unspecified atom stereocenters. The maximum Gasteiger partial charge on any atom is 0.413 e. The second-order valence-electron chi connectivity index (χ2n) is 15.2. The molecule has 0 bridgehead atoms. The number of aromatic nitrogens is 4. The number of ether oxygens (including phenoxy) is 2. The molecule has 3 amide bonds. The highest BCUT2D eigenvalue weighted by Crippen LogP contribution is 2.40. The molecular weight excluding hydrogens is 636 g/mol. The summed E-state index contributed by atoms with van der Waals surface area (Å²) in [5.41, 5.74) is 14.1. The number of amides is 3. The number of carbonyl (C=O) groups excluding carboxylic acids is 3. The zero-order valence-corrected chi connectivity index (χ0v) is 31.0. The summed E-state index contributed by atoms with van der Waals surface area (Å²) in [7, 11) is 3.25. The molecule has 5 rings (SSSR count). The minimum Gasteiger partial charge on any atom is -0.444 e. The van der Waals surface area contributed by atoms with Gasteiger partial charge in [0.1, 0.15) is 11.9 Å². The van der Waals surface area contributed by atoms with Gasteiger partial charge in [0, 0.05) is 62.7 Å². The Bertz CT molecular complexity index is 1880. The number of nitrogens with two attached hydrogens (primary N) is 1. The van der Waals surface area contributed by atoms with E-state index in [4.69, 9.17) is 15.2 Å². The van der Waals surface area contributed by atoms with Gasteiger partial charge in [-0.3, -0.25) is 9.28 Å². The Balaban J connectivity index is 1.28. The van der Waals surface area contributed by atoms with Crippen LogP contribution in [0.3, 0.4) is 0 Å². The first-order valence-electron chi connectivity index (χ1n) is 17.4. The smallest absolute Gasteiger partial charge is 0.413 e. The van der Waals surface area contributed by atoms with E-state index in [0.29, 0.717) is 17.6 Å². The average Bonchev–Trinajstić information content (AvgIpc) is 3.68. The number of nitrogens with one attached hydrogen (secondary N) is 1. The first-order chi connectivity index (χ1) is 23.5. The maximum absolute atomic E-state index is 12.9. The number of nitrogens with zero attached hydrogens (tertiary/aromatic N) is 6. The Hall–Kier alpha value is -4.65. The van der Waals surface area contributed by atoms with Crippen LogP contribution in [0.5, 0.6) is 0 Å². The number of carbonyl (C=O) groups is 3. The van der Waals surface area contributed by atoms with Crippen LogP contribution >= 0.6 is 0 Å². The van der Waals surface area contributed by atoms with E-state index in [0.717, 1.165) is 40.8 Å². The lowest BCUT2D eigenvalue weighted by molar-refractivity contribution is -0.941. The lowest BCUT2D eigenvalue weighted by Crippen LogP contribution is -2.58. The van der Waals surface area contributed by atoms with Crippen molar-refractivity contribution < 1.29 is 28.3 Å². The van der Waals surface area contributed by atoms with Crippen molar-refractivity contribution in [1.29, 1.82) is 0 Å². The quantitative estimate of drug-likeness (QED) is 0.203. The van der Waals surface area contributed by atoms with E-state index in [-0.39, 0.29) is 38.2 Å². The Morgan fingerprint density at radius 1 is 1.06 bits per heavy atom. The molecule has 0 radical (unpaired) electrons. The van der Waals surface area contributed by atoms with Crippen molar-refractivity contribution >= 4 is 34.6 Å². The van der Waals surface area contributed by atoms with Crippen LogP contribution < -0.4 is 5.73 Å². The molecule has 13 heteroatoms. The summed E-state index contributed by atoms with van der Waals surface area (Å²) in [6.45, 7) is 16.1. The van der Waals surface area contributed by atoms with Crippen molar-refractivity contribution in [3.63, 3.8) is 0 Å². The molecule has 0 saturated carbocycles. The van der Waals surface area contributed by atoms with Crippen molar-refractivity contribution in [2.75, 3.05) is 53.5 Å². The lowest BCUT2D eigenvalue weighted by Gasteiger charge is -2.42. The summed E-state index contributed by atoms with van der Waals surface area (Å²) in [6.07, 6.45) is 4.32. The number of hydrogen-bond donors (Lipinski definition) is 2. The molecule has 270 valence electrons. The first-order valence-corrected chi connectivity index (χ1v) is 17.4. The third-order valence-corrected chi connectivity index (χ3v) is 9.95. The molecule has 4 heterocycles. The summed E-state index contributed by atoms with van der Waals surface area (Å²) < 4.78 is 13.3. The van der Waals surface area contributed by atoms with Crippen molar-refractivity contribution in [3.05, 3.63) is 53.0 Å². The number of pyridine rings is 1. The van der Waals surface area contributed by atoms with E-state index >= 15 is 0 Å². The normalized spacial score (nSPS) is 18.1. The number of likely N-dealkylation sites (tertiary alicyclic amines) is 1. The minimum absolute atomic E-state index is 0.0489. The van der Waals surface area contributed by atoms with Crippen LogP contribution in [0.1, 0.15) is 81.5 Å². The SMILES string of the molecule is Cc1c(-c2[nH]c3ccc(C4CC[N+](COC(=O)N(C)CCN(C)C(=O)OC(C)(C)C)(CC(N)=O)CC4)cc3c2C(C)C)cn2ncnc2c1C. The van der Waals surface area contributed by atoms with Gasteiger partial charge in [0.15, 0.2) is 12.2 Å². The molecule has 1 saturated heterocycles. The Labute approximate surface area is 294 Å². The fourth-order valence-electron chi connectivity index (χ4n) is 6.99. The standard InChI is InChI=1S/C37H52N8O5/c1-23(2)32-28-18-27(10-11-30(28)41-33(32)29-19-44-34(39-21-40-44)25(4)24(29)3)26-12-16-45(17-13-26,20-31(38)46)22-49-35(47)42(8)14-15-43(9)36(48)50-37(5,6)7/h10-11,18-19,21,23,26,41H,12-17,20,22H2,1-9H3,(H-,38,46)/p+1. The average molecular weight is 690 g/mol. The summed E-state index contributed by atoms with van der Waals surface area (Å²) in [6, 6.07) is 6.70. The number of aryl methyl sites for hydroxylation is 1. The van der Waals surface area contributed by atoms with E-state index in [1.165, 1.54) is 31.9 Å². The molecular formula is C37H53N8O5+. The second-order valence-corrected chi connectivity index (χ2v) is 15.2. The number of benzene rings is 1. The molecule has 3 N–H and O–H groups in total. The van der Waals surface area contributed by atoms with Crippen molar-refractivity contribution in [1.82, 2.24) is 29.4 Å². The van der Waals surface area contributed by atoms with Crippen LogP contribution in [-0.2, 0) is 14.3 Å². The molecule has 1 fully saturated rings. The monoisotopic (exact) mass is 689 g/mol. The molecule has 1 aromatic carbocycles. The minimum atomic E-state index is -0.606. The van der Waals surface area contributed by atoms with Gasteiger partial charge in [-0.2, -0.15) is 5.10 Å². The largest absolute Gasteiger partial charge is 0.444 e. The first kappa shape index (κ1) is 36.6. The maximum atomic E-state index is 12.9. The van der Waals surface area contributed by atoms with E-state index in [9.17, 15) is 14.4 Å². The van der Waals surface area contributed by atoms with Gasteiger partial charge >= 0.3 is 12.2 Å². The lowest BCUT2D eigenvalue weighted by atomic mass is 9.86. The van der Waals surface area contributed by atoms with Gasteiger partial charge in [-0.25, -0.2) is 19.1 Å². The predicted octanol–water partition coefficient (Wildman–Crippen LogP) is 5.69. The third-order valence-electron chi connectivity index (χ3n) is 9.95. The van der Waals surface area contributed by atoms with Crippen LogP contribution in [0.2, 0.25) is 0 Å². The number of likely N-dealkylation sites (N-methyl/N-ethyl adjacent to an activating group) is 2. The van der Waals surface area contributed by atoms with Gasteiger partial charge in [0.25, 0.3) is 5.91 Å². The highest BCUT2D eigenvalue weighted by molar-refractivity contribution is 5.92. The van der Waals surface area contributed by atoms with Gasteiger partial charge in [-0.05, 0) is 80.8 Å². The Morgan fingerprint density at radius 3 is 2.34 bits per heavy atom. The molecule has 0 atom stereocenters. The molecule has 13 nitrogen and oxygen atoms in total. The fourth-order valence-corrected chi connectivity index (χ4v) is 6.99. The van der Waals surface area contributed by atoms with Gasteiger partial charge in [-0.1, -0.05) is 19.9 Å².